The van der Waals surface area contributed by atoms with Crippen molar-refractivity contribution in [2.45, 2.75) is 64.7 Å². The van der Waals surface area contributed by atoms with Gasteiger partial charge in [-0.1, -0.05) is 139 Å². The van der Waals surface area contributed by atoms with Crippen LogP contribution in [0.15, 0.2) is 176 Å². The zero-order chi connectivity index (χ0) is 40.9. The summed E-state index contributed by atoms with van der Waals surface area (Å²) < 4.78 is 9.04. The first-order valence-electron chi connectivity index (χ1n) is 20.6. The van der Waals surface area contributed by atoms with E-state index in [1.165, 1.54) is 38.9 Å². The molecule has 6 aromatic carbocycles. The Morgan fingerprint density at radius 1 is 0.458 bits per heavy atom. The predicted molar refractivity (Wildman–Crippen MR) is 246 cm³/mol. The summed E-state index contributed by atoms with van der Waals surface area (Å²) in [5.74, 6) is 2.46. The summed E-state index contributed by atoms with van der Waals surface area (Å²) in [6.45, 7) is 16.8. The summed E-state index contributed by atoms with van der Waals surface area (Å²) in [4.78, 5) is 9.41. The fourth-order valence-electron chi connectivity index (χ4n) is 8.42. The summed E-state index contributed by atoms with van der Waals surface area (Å²) in [6, 6.07) is 56.5. The zero-order valence-electron chi connectivity index (χ0n) is 35.1. The number of pyridine rings is 1. The molecule has 294 valence electrons. The van der Waals surface area contributed by atoms with E-state index in [0.29, 0.717) is 6.67 Å². The standard InChI is InChI=1S/C54H52N4O/c1-52(2,3)40-31-44(35-46(34-40)59-45-25-26-48-47-22-14-15-23-49(47)58(50(48)36-45)51-24-16-17-27-55-51)57-29-28-56(37-57)43-32-41(53(4,5)38-18-10-8-11-19-38)30-42(33-43)54(6,7)39-20-12-9-13-21-39/h8-36H,37H2,1-7H3. The highest BCUT2D eigenvalue weighted by Gasteiger charge is 2.30. The lowest BCUT2D eigenvalue weighted by atomic mass is 9.73. The van der Waals surface area contributed by atoms with Crippen molar-refractivity contribution in [1.29, 1.82) is 0 Å². The quantitative estimate of drug-likeness (QED) is 0.146. The van der Waals surface area contributed by atoms with Crippen LogP contribution in [0.3, 0.4) is 0 Å². The number of para-hydroxylation sites is 1. The maximum Gasteiger partial charge on any atom is 0.137 e. The Bertz CT molecular complexity index is 2740. The van der Waals surface area contributed by atoms with E-state index >= 15 is 0 Å². The van der Waals surface area contributed by atoms with Crippen molar-refractivity contribution >= 4 is 33.2 Å². The zero-order valence-corrected chi connectivity index (χ0v) is 35.1. The number of fused-ring (bicyclic) bond motifs is 3. The van der Waals surface area contributed by atoms with E-state index in [1.807, 2.05) is 18.3 Å². The SMILES string of the molecule is CC(C)(C)c1cc(Oc2ccc3c4ccccc4n(-c4ccccn4)c3c2)cc(N2C=CN(c3cc(C(C)(C)c4ccccc4)cc(C(C)(C)c4ccccc4)c3)C2)c1. The highest BCUT2D eigenvalue weighted by Crippen LogP contribution is 2.42. The Hall–Kier alpha value is -6.59. The number of ether oxygens (including phenoxy) is 1. The van der Waals surface area contributed by atoms with E-state index in [9.17, 15) is 0 Å². The van der Waals surface area contributed by atoms with Crippen molar-refractivity contribution in [3.63, 3.8) is 0 Å². The molecular formula is C54H52N4O. The van der Waals surface area contributed by atoms with Crippen LogP contribution in [-0.4, -0.2) is 16.2 Å². The molecule has 0 atom stereocenters. The van der Waals surface area contributed by atoms with Gasteiger partial charge >= 0.3 is 0 Å². The molecule has 8 aromatic rings. The third-order valence-corrected chi connectivity index (χ3v) is 12.3. The molecule has 5 nitrogen and oxygen atoms in total. The van der Waals surface area contributed by atoms with Gasteiger partial charge in [0.2, 0.25) is 0 Å². The van der Waals surface area contributed by atoms with Gasteiger partial charge in [-0.05, 0) is 87.8 Å². The minimum absolute atomic E-state index is 0.0954. The average molecular weight is 773 g/mol. The van der Waals surface area contributed by atoms with Gasteiger partial charge in [0.15, 0.2) is 0 Å². The van der Waals surface area contributed by atoms with Crippen LogP contribution in [0, 0.1) is 0 Å². The van der Waals surface area contributed by atoms with Gasteiger partial charge in [0.1, 0.15) is 17.3 Å². The normalized spacial score (nSPS) is 13.5. The van der Waals surface area contributed by atoms with Gasteiger partial charge in [0, 0.05) is 63.7 Å². The third kappa shape index (κ3) is 7.16. The fraction of sp³-hybridized carbons (Fsp3) is 0.204. The Labute approximate surface area is 348 Å². The molecule has 59 heavy (non-hydrogen) atoms. The first kappa shape index (κ1) is 38.0. The van der Waals surface area contributed by atoms with Crippen LogP contribution in [0.4, 0.5) is 11.4 Å². The molecule has 0 aliphatic carbocycles. The lowest BCUT2D eigenvalue weighted by Gasteiger charge is -2.33. The highest BCUT2D eigenvalue weighted by atomic mass is 16.5. The molecule has 0 N–H and O–H groups in total. The summed E-state index contributed by atoms with van der Waals surface area (Å²) in [5.41, 5.74) is 10.3. The van der Waals surface area contributed by atoms with E-state index in [2.05, 4.69) is 221 Å². The van der Waals surface area contributed by atoms with E-state index in [4.69, 9.17) is 9.72 Å². The number of hydrogen-bond acceptors (Lipinski definition) is 4. The predicted octanol–water partition coefficient (Wildman–Crippen LogP) is 13.7. The van der Waals surface area contributed by atoms with Crippen molar-refractivity contribution in [1.82, 2.24) is 9.55 Å². The first-order valence-corrected chi connectivity index (χ1v) is 20.6. The molecule has 0 bridgehead atoms. The number of rotatable bonds is 9. The number of hydrogen-bond donors (Lipinski definition) is 0. The Morgan fingerprint density at radius 2 is 1.02 bits per heavy atom. The summed E-state index contributed by atoms with van der Waals surface area (Å²) in [7, 11) is 0. The molecule has 1 aliphatic rings. The maximum atomic E-state index is 6.81. The van der Waals surface area contributed by atoms with Crippen molar-refractivity contribution < 1.29 is 4.74 Å². The molecule has 3 heterocycles. The molecule has 1 aliphatic heterocycles. The second-order valence-corrected chi connectivity index (χ2v) is 17.9. The van der Waals surface area contributed by atoms with Crippen molar-refractivity contribution in [2.75, 3.05) is 16.5 Å². The monoisotopic (exact) mass is 772 g/mol. The Balaban J connectivity index is 1.07. The smallest absolute Gasteiger partial charge is 0.137 e. The molecule has 0 unspecified atom stereocenters. The van der Waals surface area contributed by atoms with Gasteiger partial charge in [-0.15, -0.1) is 0 Å². The molecular weight excluding hydrogens is 721 g/mol. The van der Waals surface area contributed by atoms with Crippen LogP contribution < -0.4 is 14.5 Å². The van der Waals surface area contributed by atoms with Crippen molar-refractivity contribution in [3.05, 3.63) is 204 Å². The van der Waals surface area contributed by atoms with E-state index in [0.717, 1.165) is 39.4 Å². The number of benzene rings is 6. The van der Waals surface area contributed by atoms with E-state index in [-0.39, 0.29) is 16.2 Å². The molecule has 9 rings (SSSR count). The molecule has 0 saturated heterocycles. The molecule has 0 amide bonds. The second kappa shape index (κ2) is 14.7. The van der Waals surface area contributed by atoms with E-state index < -0.39 is 0 Å². The van der Waals surface area contributed by atoms with Crippen LogP contribution in [-0.2, 0) is 16.2 Å². The minimum Gasteiger partial charge on any atom is -0.457 e. The molecule has 0 spiro atoms. The molecule has 0 saturated carbocycles. The topological polar surface area (TPSA) is 33.5 Å². The van der Waals surface area contributed by atoms with Crippen LogP contribution in [0.2, 0.25) is 0 Å². The lowest BCUT2D eigenvalue weighted by molar-refractivity contribution is 0.479. The van der Waals surface area contributed by atoms with Gasteiger partial charge < -0.3 is 14.5 Å². The molecule has 0 radical (unpaired) electrons. The summed E-state index contributed by atoms with van der Waals surface area (Å²) in [6.07, 6.45) is 6.25. The fourth-order valence-corrected chi connectivity index (χ4v) is 8.42. The van der Waals surface area contributed by atoms with Crippen LogP contribution in [0.5, 0.6) is 11.5 Å². The summed E-state index contributed by atoms with van der Waals surface area (Å²) in [5, 5.41) is 2.35. The van der Waals surface area contributed by atoms with Gasteiger partial charge in [0.25, 0.3) is 0 Å². The van der Waals surface area contributed by atoms with Gasteiger partial charge in [-0.3, -0.25) is 4.57 Å². The van der Waals surface area contributed by atoms with Gasteiger partial charge in [-0.2, -0.15) is 0 Å². The number of nitrogens with zero attached hydrogens (tertiary/aromatic N) is 4. The van der Waals surface area contributed by atoms with Crippen LogP contribution in [0.1, 0.15) is 76.3 Å². The van der Waals surface area contributed by atoms with Crippen molar-refractivity contribution in [2.24, 2.45) is 0 Å². The Morgan fingerprint density at radius 3 is 1.63 bits per heavy atom. The first-order chi connectivity index (χ1) is 28.4. The largest absolute Gasteiger partial charge is 0.457 e. The second-order valence-electron chi connectivity index (χ2n) is 17.9. The molecule has 5 heteroatoms. The third-order valence-electron chi connectivity index (χ3n) is 12.3. The van der Waals surface area contributed by atoms with Gasteiger partial charge in [0.05, 0.1) is 17.7 Å². The lowest BCUT2D eigenvalue weighted by Crippen LogP contribution is -2.27. The Kier molecular flexibility index (Phi) is 9.43. The maximum absolute atomic E-state index is 6.81. The highest BCUT2D eigenvalue weighted by molar-refractivity contribution is 6.09. The minimum atomic E-state index is -0.204. The van der Waals surface area contributed by atoms with Crippen LogP contribution >= 0.6 is 0 Å². The van der Waals surface area contributed by atoms with Crippen LogP contribution in [0.25, 0.3) is 27.6 Å². The van der Waals surface area contributed by atoms with Gasteiger partial charge in [-0.25, -0.2) is 4.98 Å². The number of anilines is 2. The summed E-state index contributed by atoms with van der Waals surface area (Å²) >= 11 is 0. The van der Waals surface area contributed by atoms with E-state index in [1.54, 1.807) is 0 Å². The molecule has 2 aromatic heterocycles. The molecule has 0 fully saturated rings. The van der Waals surface area contributed by atoms with Crippen molar-refractivity contribution in [3.8, 4) is 17.3 Å². The average Bonchev–Trinajstić information content (AvgIpc) is 3.88. The number of aromatic nitrogens is 2.